The first-order chi connectivity index (χ1) is 12.4. The van der Waals surface area contributed by atoms with Crippen LogP contribution in [-0.2, 0) is 4.74 Å². The Bertz CT molecular complexity index is 844. The van der Waals surface area contributed by atoms with Crippen molar-refractivity contribution in [3.63, 3.8) is 0 Å². The number of carbonyl (C=O) groups is 1. The van der Waals surface area contributed by atoms with E-state index in [1.807, 2.05) is 0 Å². The van der Waals surface area contributed by atoms with Crippen molar-refractivity contribution < 1.29 is 18.7 Å². The Morgan fingerprint density at radius 3 is 2.81 bits per heavy atom. The molecule has 0 spiro atoms. The molecule has 0 aliphatic heterocycles. The number of Topliss-reactive ketones (excluding diaryl/α,β-unsaturated/α-hetero) is 1. The van der Waals surface area contributed by atoms with Gasteiger partial charge < -0.3 is 15.2 Å². The van der Waals surface area contributed by atoms with Crippen LogP contribution in [0.25, 0.3) is 11.3 Å². The molecule has 26 heavy (non-hydrogen) atoms. The third-order valence-electron chi connectivity index (χ3n) is 3.48. The second-order valence-electron chi connectivity index (χ2n) is 5.25. The molecule has 2 N–H and O–H groups in total. The Morgan fingerprint density at radius 1 is 1.42 bits per heavy atom. The van der Waals surface area contributed by atoms with Crippen LogP contribution in [-0.4, -0.2) is 31.1 Å². The highest BCUT2D eigenvalue weighted by molar-refractivity contribution is 6.36. The van der Waals surface area contributed by atoms with E-state index in [2.05, 4.69) is 11.6 Å². The van der Waals surface area contributed by atoms with E-state index in [0.717, 1.165) is 0 Å². The molecule has 2 rings (SSSR count). The molecule has 5 nitrogen and oxygen atoms in total. The molecule has 0 fully saturated rings. The van der Waals surface area contributed by atoms with Crippen LogP contribution in [0, 0.1) is 5.82 Å². The largest absolute Gasteiger partial charge is 0.492 e. The summed E-state index contributed by atoms with van der Waals surface area (Å²) in [6, 6.07) is 4.26. The van der Waals surface area contributed by atoms with E-state index in [9.17, 15) is 9.18 Å². The molecule has 0 aliphatic carbocycles. The van der Waals surface area contributed by atoms with Gasteiger partial charge in [0.25, 0.3) is 0 Å². The molecule has 1 aromatic carbocycles. The van der Waals surface area contributed by atoms with Gasteiger partial charge in [0, 0.05) is 5.56 Å². The number of rotatable bonds is 8. The number of benzene rings is 1. The number of hydrogen-bond acceptors (Lipinski definition) is 5. The second-order valence-corrected chi connectivity index (χ2v) is 6.04. The van der Waals surface area contributed by atoms with Crippen LogP contribution in [0.2, 0.25) is 10.0 Å². The van der Waals surface area contributed by atoms with Gasteiger partial charge in [0.05, 0.1) is 35.1 Å². The number of aromatic nitrogens is 1. The van der Waals surface area contributed by atoms with Crippen LogP contribution >= 0.6 is 23.2 Å². The van der Waals surface area contributed by atoms with E-state index >= 15 is 0 Å². The SMILES string of the molecule is C=CCCOCC(=O)c1nc(-c2ccc(Cl)c(OC)c2F)cc(N)c1Cl. The molecule has 0 amide bonds. The number of nitrogens with two attached hydrogens (primary N) is 1. The van der Waals surface area contributed by atoms with E-state index in [1.165, 1.54) is 25.3 Å². The Labute approximate surface area is 160 Å². The number of nitrogen functional groups attached to an aromatic ring is 1. The lowest BCUT2D eigenvalue weighted by Crippen LogP contribution is -2.13. The minimum Gasteiger partial charge on any atom is -0.492 e. The monoisotopic (exact) mass is 398 g/mol. The summed E-state index contributed by atoms with van der Waals surface area (Å²) in [6.45, 7) is 3.68. The van der Waals surface area contributed by atoms with Gasteiger partial charge in [0.15, 0.2) is 11.6 Å². The standard InChI is InChI=1S/C18H17Cl2FN2O3/c1-3-4-7-26-9-14(24)17-15(20)12(22)8-13(23-17)10-5-6-11(19)18(25-2)16(10)21/h3,5-6,8H,1,4,7,9H2,2H3,(H2,22,23). The van der Waals surface area contributed by atoms with Crippen LogP contribution in [0.3, 0.4) is 0 Å². The number of ether oxygens (including phenoxy) is 2. The van der Waals surface area contributed by atoms with Crippen molar-refractivity contribution >= 4 is 34.7 Å². The summed E-state index contributed by atoms with van der Waals surface area (Å²) in [5.74, 6) is -1.30. The number of halogens is 3. The molecule has 2 aromatic rings. The highest BCUT2D eigenvalue weighted by Crippen LogP contribution is 2.36. The first kappa shape index (κ1) is 20.2. The predicted molar refractivity (Wildman–Crippen MR) is 101 cm³/mol. The number of hydrogen-bond donors (Lipinski definition) is 1. The summed E-state index contributed by atoms with van der Waals surface area (Å²) in [7, 11) is 1.30. The van der Waals surface area contributed by atoms with Gasteiger partial charge in [0.1, 0.15) is 12.3 Å². The molecular formula is C18H17Cl2FN2O3. The van der Waals surface area contributed by atoms with Crippen molar-refractivity contribution in [2.24, 2.45) is 0 Å². The fourth-order valence-electron chi connectivity index (χ4n) is 2.19. The number of carbonyl (C=O) groups excluding carboxylic acids is 1. The summed E-state index contributed by atoms with van der Waals surface area (Å²) in [6.07, 6.45) is 2.28. The zero-order valence-electron chi connectivity index (χ0n) is 14.0. The van der Waals surface area contributed by atoms with Crippen LogP contribution in [0.1, 0.15) is 16.9 Å². The first-order valence-corrected chi connectivity index (χ1v) is 8.36. The van der Waals surface area contributed by atoms with Gasteiger partial charge in [-0.1, -0.05) is 29.3 Å². The van der Waals surface area contributed by atoms with Gasteiger partial charge in [-0.2, -0.15) is 0 Å². The Kier molecular flexibility index (Phi) is 6.97. The van der Waals surface area contributed by atoms with Crippen molar-refractivity contribution in [1.29, 1.82) is 0 Å². The van der Waals surface area contributed by atoms with Gasteiger partial charge in [-0.3, -0.25) is 4.79 Å². The fraction of sp³-hybridized carbons (Fsp3) is 0.222. The summed E-state index contributed by atoms with van der Waals surface area (Å²) >= 11 is 12.0. The summed E-state index contributed by atoms with van der Waals surface area (Å²) < 4.78 is 24.8. The minimum atomic E-state index is -0.713. The van der Waals surface area contributed by atoms with Crippen molar-refractivity contribution in [2.45, 2.75) is 6.42 Å². The van der Waals surface area contributed by atoms with Gasteiger partial charge in [0.2, 0.25) is 5.78 Å². The number of nitrogens with zero attached hydrogens (tertiary/aromatic N) is 1. The Morgan fingerprint density at radius 2 is 2.15 bits per heavy atom. The topological polar surface area (TPSA) is 74.4 Å². The van der Waals surface area contributed by atoms with Crippen LogP contribution in [0.15, 0.2) is 30.9 Å². The number of methoxy groups -OCH3 is 1. The maximum Gasteiger partial charge on any atom is 0.208 e. The molecule has 0 bridgehead atoms. The van der Waals surface area contributed by atoms with Gasteiger partial charge in [-0.05, 0) is 24.6 Å². The van der Waals surface area contributed by atoms with Gasteiger partial charge in [-0.15, -0.1) is 6.58 Å². The van der Waals surface area contributed by atoms with Crippen molar-refractivity contribution in [3.8, 4) is 17.0 Å². The number of anilines is 1. The highest BCUT2D eigenvalue weighted by atomic mass is 35.5. The molecule has 1 aromatic heterocycles. The maximum absolute atomic E-state index is 14.6. The van der Waals surface area contributed by atoms with Crippen molar-refractivity contribution in [1.82, 2.24) is 4.98 Å². The molecule has 0 radical (unpaired) electrons. The lowest BCUT2D eigenvalue weighted by atomic mass is 10.1. The maximum atomic E-state index is 14.6. The molecule has 8 heteroatoms. The number of ketones is 1. The molecule has 0 atom stereocenters. The number of pyridine rings is 1. The van der Waals surface area contributed by atoms with Gasteiger partial charge in [-0.25, -0.2) is 9.37 Å². The normalized spacial score (nSPS) is 10.6. The highest BCUT2D eigenvalue weighted by Gasteiger charge is 2.21. The Hall–Kier alpha value is -2.15. The molecule has 0 unspecified atom stereocenters. The van der Waals surface area contributed by atoms with Crippen molar-refractivity contribution in [3.05, 3.63) is 52.4 Å². The van der Waals surface area contributed by atoms with Crippen LogP contribution < -0.4 is 10.5 Å². The lowest BCUT2D eigenvalue weighted by molar-refractivity contribution is 0.0764. The van der Waals surface area contributed by atoms with Crippen molar-refractivity contribution in [2.75, 3.05) is 26.1 Å². The average molecular weight is 399 g/mol. The first-order valence-electron chi connectivity index (χ1n) is 7.60. The van der Waals surface area contributed by atoms with E-state index in [0.29, 0.717) is 13.0 Å². The summed E-state index contributed by atoms with van der Waals surface area (Å²) in [5, 5.41) is 0.106. The zero-order chi connectivity index (χ0) is 19.3. The molecule has 0 aliphatic rings. The molecule has 138 valence electrons. The van der Waals surface area contributed by atoms with E-state index in [1.54, 1.807) is 6.08 Å². The average Bonchev–Trinajstić information content (AvgIpc) is 2.61. The molecule has 1 heterocycles. The second kappa shape index (κ2) is 8.98. The lowest BCUT2D eigenvalue weighted by Gasteiger charge is -2.12. The Balaban J connectivity index is 2.42. The molecule has 0 saturated heterocycles. The third-order valence-corrected chi connectivity index (χ3v) is 4.17. The molecule has 0 saturated carbocycles. The summed E-state index contributed by atoms with van der Waals surface area (Å²) in [5.41, 5.74) is 6.09. The van der Waals surface area contributed by atoms with Gasteiger partial charge >= 0.3 is 0 Å². The summed E-state index contributed by atoms with van der Waals surface area (Å²) in [4.78, 5) is 16.5. The van der Waals surface area contributed by atoms with Crippen LogP contribution in [0.5, 0.6) is 5.75 Å². The zero-order valence-corrected chi connectivity index (χ0v) is 15.5. The van der Waals surface area contributed by atoms with E-state index in [-0.39, 0.29) is 45.0 Å². The van der Waals surface area contributed by atoms with Crippen LogP contribution in [0.4, 0.5) is 10.1 Å². The quantitative estimate of drug-likeness (QED) is 0.400. The molecular weight excluding hydrogens is 382 g/mol. The smallest absolute Gasteiger partial charge is 0.208 e. The minimum absolute atomic E-state index is 0.00703. The predicted octanol–water partition coefficient (Wildman–Crippen LogP) is 4.56. The van der Waals surface area contributed by atoms with E-state index < -0.39 is 11.6 Å². The fourth-order valence-corrected chi connectivity index (χ4v) is 2.61. The van der Waals surface area contributed by atoms with E-state index in [4.69, 9.17) is 38.4 Å². The third kappa shape index (κ3) is 4.33.